The second-order valence-electron chi connectivity index (χ2n) is 8.50. The molecule has 0 unspecified atom stereocenters. The quantitative estimate of drug-likeness (QED) is 0.510. The van der Waals surface area contributed by atoms with Gasteiger partial charge in [0.1, 0.15) is 5.69 Å². The first-order valence-electron chi connectivity index (χ1n) is 10.7. The van der Waals surface area contributed by atoms with Gasteiger partial charge in [-0.25, -0.2) is 4.98 Å². The minimum Gasteiger partial charge on any atom is -0.371 e. The molecule has 2 aromatic heterocycles. The third-order valence-electron chi connectivity index (χ3n) is 6.44. The lowest BCUT2D eigenvalue weighted by molar-refractivity contribution is -0.140. The highest BCUT2D eigenvalue weighted by molar-refractivity contribution is 7.12. The van der Waals surface area contributed by atoms with Crippen LogP contribution in [0.1, 0.15) is 52.2 Å². The van der Waals surface area contributed by atoms with Crippen LogP contribution in [0.3, 0.4) is 0 Å². The molecule has 1 aliphatic carbocycles. The number of fused-ring (bicyclic) bond motifs is 1. The van der Waals surface area contributed by atoms with Crippen LogP contribution in [0.25, 0.3) is 10.9 Å². The predicted molar refractivity (Wildman–Crippen MR) is 122 cm³/mol. The highest BCUT2D eigenvalue weighted by atomic mass is 32.1. The van der Waals surface area contributed by atoms with Crippen LogP contribution in [0, 0.1) is 13.8 Å². The number of amides is 1. The molecule has 1 aromatic carbocycles. The number of carbonyl (C=O) groups is 1. The van der Waals surface area contributed by atoms with Crippen molar-refractivity contribution in [3.63, 3.8) is 0 Å². The van der Waals surface area contributed by atoms with Crippen LogP contribution >= 0.6 is 11.3 Å². The van der Waals surface area contributed by atoms with E-state index in [4.69, 9.17) is 0 Å². The number of aryl methyl sites for hydroxylation is 1. The summed E-state index contributed by atoms with van der Waals surface area (Å²) in [5.74, 6) is -0.0349. The van der Waals surface area contributed by atoms with Gasteiger partial charge in [-0.3, -0.25) is 4.79 Å². The molecule has 0 spiro atoms. The highest BCUT2D eigenvalue weighted by Gasteiger charge is 2.34. The number of alkyl halides is 3. The number of benzene rings is 1. The minimum atomic E-state index is -4.50. The fourth-order valence-electron chi connectivity index (χ4n) is 4.38. The van der Waals surface area contributed by atoms with Gasteiger partial charge in [0.05, 0.1) is 10.4 Å². The number of hydrogen-bond acceptors (Lipinski definition) is 4. The maximum absolute atomic E-state index is 13.4. The third-order valence-corrected chi connectivity index (χ3v) is 7.63. The van der Waals surface area contributed by atoms with E-state index in [9.17, 15) is 18.0 Å². The molecule has 2 heterocycles. The van der Waals surface area contributed by atoms with Crippen LogP contribution in [0.5, 0.6) is 0 Å². The van der Waals surface area contributed by atoms with E-state index < -0.39 is 11.9 Å². The number of pyridine rings is 1. The zero-order chi connectivity index (χ0) is 23.0. The standard InChI is InChI=1S/C24H26F3N3OS/c1-14-13-32-22(15(14)2)23(31)28-16-8-10-17(11-9-16)30(3)20-12-21(24(25,26)27)29-19-7-5-4-6-18(19)20/h4-7,12-13,16-17H,8-11H2,1-3H3,(H,28,31). The number of hydrogen-bond donors (Lipinski definition) is 1. The van der Waals surface area contributed by atoms with Crippen molar-refractivity contribution < 1.29 is 18.0 Å². The number of halogens is 3. The molecular formula is C24H26F3N3OS. The maximum Gasteiger partial charge on any atom is 0.433 e. The molecule has 170 valence electrons. The molecule has 3 aromatic rings. The van der Waals surface area contributed by atoms with Gasteiger partial charge in [-0.2, -0.15) is 13.2 Å². The molecule has 1 N–H and O–H groups in total. The number of carbonyl (C=O) groups excluding carboxylic acids is 1. The van der Waals surface area contributed by atoms with Gasteiger partial charge in [0.25, 0.3) is 5.91 Å². The van der Waals surface area contributed by atoms with Crippen molar-refractivity contribution in [2.45, 2.75) is 57.8 Å². The van der Waals surface area contributed by atoms with Crippen LogP contribution in [-0.4, -0.2) is 30.0 Å². The summed E-state index contributed by atoms with van der Waals surface area (Å²) in [4.78, 5) is 19.2. The van der Waals surface area contributed by atoms with E-state index in [-0.39, 0.29) is 18.0 Å². The Kier molecular flexibility index (Phi) is 6.16. The first-order chi connectivity index (χ1) is 15.1. The van der Waals surface area contributed by atoms with Crippen molar-refractivity contribution in [2.75, 3.05) is 11.9 Å². The number of thiophene rings is 1. The molecule has 32 heavy (non-hydrogen) atoms. The smallest absolute Gasteiger partial charge is 0.371 e. The third kappa shape index (κ3) is 4.46. The topological polar surface area (TPSA) is 45.2 Å². The Labute approximate surface area is 189 Å². The number of anilines is 1. The molecule has 4 nitrogen and oxygen atoms in total. The van der Waals surface area contributed by atoms with Crippen molar-refractivity contribution in [1.29, 1.82) is 0 Å². The monoisotopic (exact) mass is 461 g/mol. The molecule has 1 amide bonds. The SMILES string of the molecule is Cc1csc(C(=O)NC2CCC(N(C)c3cc(C(F)(F)F)nc4ccccc34)CC2)c1C. The summed E-state index contributed by atoms with van der Waals surface area (Å²) in [6.07, 6.45) is -1.33. The second kappa shape index (κ2) is 8.73. The lowest BCUT2D eigenvalue weighted by Gasteiger charge is -2.37. The molecule has 0 aliphatic heterocycles. The minimum absolute atomic E-state index is 0.0349. The Hall–Kier alpha value is -2.61. The molecule has 0 bridgehead atoms. The number of nitrogens with zero attached hydrogens (tertiary/aromatic N) is 2. The fourth-order valence-corrected chi connectivity index (χ4v) is 5.35. The Morgan fingerprint density at radius 1 is 1.16 bits per heavy atom. The number of para-hydroxylation sites is 1. The van der Waals surface area contributed by atoms with E-state index in [1.165, 1.54) is 11.3 Å². The molecule has 4 rings (SSSR count). The summed E-state index contributed by atoms with van der Waals surface area (Å²) < 4.78 is 40.3. The molecule has 0 radical (unpaired) electrons. The van der Waals surface area contributed by atoms with Gasteiger partial charge < -0.3 is 10.2 Å². The van der Waals surface area contributed by atoms with E-state index in [2.05, 4.69) is 10.3 Å². The Morgan fingerprint density at radius 2 is 1.84 bits per heavy atom. The zero-order valence-corrected chi connectivity index (χ0v) is 19.1. The normalized spacial score (nSPS) is 19.2. The van der Waals surface area contributed by atoms with E-state index in [0.29, 0.717) is 16.6 Å². The summed E-state index contributed by atoms with van der Waals surface area (Å²) in [5, 5.41) is 5.84. The molecule has 1 aliphatic rings. The van der Waals surface area contributed by atoms with Crippen LogP contribution in [0.15, 0.2) is 35.7 Å². The Balaban J connectivity index is 1.48. The summed E-state index contributed by atoms with van der Waals surface area (Å²) in [7, 11) is 1.85. The summed E-state index contributed by atoms with van der Waals surface area (Å²) in [6, 6.07) is 8.26. The highest BCUT2D eigenvalue weighted by Crippen LogP contribution is 2.36. The van der Waals surface area contributed by atoms with Gasteiger partial charge in [-0.15, -0.1) is 11.3 Å². The van der Waals surface area contributed by atoms with Crippen LogP contribution in [-0.2, 0) is 6.18 Å². The first kappa shape index (κ1) is 22.6. The maximum atomic E-state index is 13.4. The van der Waals surface area contributed by atoms with Gasteiger partial charge in [0.2, 0.25) is 0 Å². The van der Waals surface area contributed by atoms with Crippen molar-refractivity contribution in [3.05, 3.63) is 57.4 Å². The largest absolute Gasteiger partial charge is 0.433 e. The number of rotatable bonds is 4. The van der Waals surface area contributed by atoms with Crippen LogP contribution in [0.2, 0.25) is 0 Å². The summed E-state index contributed by atoms with van der Waals surface area (Å²) >= 11 is 1.46. The zero-order valence-electron chi connectivity index (χ0n) is 18.3. The van der Waals surface area contributed by atoms with Crippen LogP contribution in [0.4, 0.5) is 18.9 Å². The number of aromatic nitrogens is 1. The van der Waals surface area contributed by atoms with E-state index in [1.807, 2.05) is 43.3 Å². The number of nitrogens with one attached hydrogen (secondary N) is 1. The Morgan fingerprint density at radius 3 is 2.47 bits per heavy atom. The van der Waals surface area contributed by atoms with Crippen molar-refractivity contribution >= 4 is 33.8 Å². The molecule has 0 saturated heterocycles. The molecule has 8 heteroatoms. The molecule has 1 fully saturated rings. The first-order valence-corrected chi connectivity index (χ1v) is 11.6. The molecule has 1 saturated carbocycles. The second-order valence-corrected chi connectivity index (χ2v) is 9.38. The van der Waals surface area contributed by atoms with Gasteiger partial charge >= 0.3 is 6.18 Å². The lowest BCUT2D eigenvalue weighted by atomic mass is 9.89. The van der Waals surface area contributed by atoms with Crippen LogP contribution < -0.4 is 10.2 Å². The van der Waals surface area contributed by atoms with Gasteiger partial charge in [-0.05, 0) is 68.2 Å². The summed E-state index contributed by atoms with van der Waals surface area (Å²) in [6.45, 7) is 3.96. The molecule has 0 atom stereocenters. The van der Waals surface area contributed by atoms with E-state index >= 15 is 0 Å². The van der Waals surface area contributed by atoms with Crippen molar-refractivity contribution in [2.24, 2.45) is 0 Å². The molecular weight excluding hydrogens is 435 g/mol. The Bertz CT molecular complexity index is 1130. The van der Waals surface area contributed by atoms with E-state index in [0.717, 1.165) is 47.8 Å². The van der Waals surface area contributed by atoms with Gasteiger partial charge in [0, 0.05) is 30.2 Å². The average Bonchev–Trinajstić information content (AvgIpc) is 3.10. The average molecular weight is 462 g/mol. The fraction of sp³-hybridized carbons (Fsp3) is 0.417. The van der Waals surface area contributed by atoms with E-state index in [1.54, 1.807) is 12.1 Å². The predicted octanol–water partition coefficient (Wildman–Crippen LogP) is 6.11. The summed E-state index contributed by atoms with van der Waals surface area (Å²) in [5.41, 5.74) is 2.15. The van der Waals surface area contributed by atoms with Crippen molar-refractivity contribution in [1.82, 2.24) is 10.3 Å². The van der Waals surface area contributed by atoms with Gasteiger partial charge in [0.15, 0.2) is 0 Å². The van der Waals surface area contributed by atoms with Gasteiger partial charge in [-0.1, -0.05) is 18.2 Å². The lowest BCUT2D eigenvalue weighted by Crippen LogP contribution is -2.43. The van der Waals surface area contributed by atoms with Crippen molar-refractivity contribution in [3.8, 4) is 0 Å².